The van der Waals surface area contributed by atoms with Gasteiger partial charge in [-0.05, 0) is 78.5 Å². The van der Waals surface area contributed by atoms with Crippen molar-refractivity contribution in [2.24, 2.45) is 35.0 Å². The lowest BCUT2D eigenvalue weighted by Gasteiger charge is -2.56. The first-order valence-electron chi connectivity index (χ1n) is 15.5. The Hall–Kier alpha value is -4.38. The lowest BCUT2D eigenvalue weighted by atomic mass is 9.45. The van der Waals surface area contributed by atoms with Crippen molar-refractivity contribution < 1.29 is 43.7 Å². The number of nitrogens with one attached hydrogen (secondary N) is 2. The molecular formula is C35H40N2O9. The van der Waals surface area contributed by atoms with Gasteiger partial charge in [0.1, 0.15) is 23.2 Å². The molecule has 2 aromatic rings. The average molecular weight is 633 g/mol. The summed E-state index contributed by atoms with van der Waals surface area (Å²) in [5, 5.41) is 28.7. The number of hydrogen-bond donors (Lipinski definition) is 4. The number of Topliss-reactive ketones (excluding diaryl/α,β-unsaturated/α-hetero) is 5. The Kier molecular flexibility index (Phi) is 8.21. The maximum Gasteiger partial charge on any atom is 0.323 e. The van der Waals surface area contributed by atoms with Crippen molar-refractivity contribution in [3.63, 3.8) is 0 Å². The Balaban J connectivity index is 1.58. The highest BCUT2D eigenvalue weighted by Gasteiger charge is 2.71. The van der Waals surface area contributed by atoms with Crippen LogP contribution in [-0.2, 0) is 25.6 Å². The third-order valence-electron chi connectivity index (χ3n) is 10.1. The van der Waals surface area contributed by atoms with E-state index < -0.39 is 81.3 Å². The molecule has 11 nitrogen and oxygen atoms in total. The van der Waals surface area contributed by atoms with E-state index in [1.54, 1.807) is 51.1 Å². The van der Waals surface area contributed by atoms with Crippen molar-refractivity contribution in [1.82, 2.24) is 0 Å². The fourth-order valence-corrected chi connectivity index (χ4v) is 8.01. The largest absolute Gasteiger partial charge is 0.505 e. The minimum Gasteiger partial charge on any atom is -0.505 e. The van der Waals surface area contributed by atoms with E-state index in [2.05, 4.69) is 10.6 Å². The van der Waals surface area contributed by atoms with Gasteiger partial charge in [-0.3, -0.25) is 24.0 Å². The molecule has 11 heteroatoms. The van der Waals surface area contributed by atoms with Crippen molar-refractivity contribution in [1.29, 1.82) is 0 Å². The molecule has 244 valence electrons. The highest BCUT2D eigenvalue weighted by Crippen LogP contribution is 2.59. The van der Waals surface area contributed by atoms with E-state index in [9.17, 15) is 39.0 Å². The number of phenolic OH excluding ortho intramolecular Hbond substituents is 1. The molecule has 2 saturated carbocycles. The highest BCUT2D eigenvalue weighted by molar-refractivity contribution is 6.32. The van der Waals surface area contributed by atoms with Crippen LogP contribution in [-0.4, -0.2) is 57.9 Å². The van der Waals surface area contributed by atoms with Crippen molar-refractivity contribution in [2.75, 3.05) is 17.7 Å². The van der Waals surface area contributed by atoms with Crippen LogP contribution in [0.1, 0.15) is 75.4 Å². The number of methoxy groups -OCH3 is 1. The van der Waals surface area contributed by atoms with E-state index in [-0.39, 0.29) is 30.0 Å². The number of phenols is 1. The van der Waals surface area contributed by atoms with Gasteiger partial charge in [-0.25, -0.2) is 4.79 Å². The second kappa shape index (κ2) is 11.5. The maximum atomic E-state index is 14.4. The third kappa shape index (κ3) is 4.92. The van der Waals surface area contributed by atoms with Crippen LogP contribution in [0.15, 0.2) is 30.3 Å². The smallest absolute Gasteiger partial charge is 0.323 e. The van der Waals surface area contributed by atoms with Gasteiger partial charge in [0.05, 0.1) is 24.3 Å². The standard InChI is InChI=1S/C35H40N2O9/c1-15(2)20-12-23(37-33(44)36-18-8-10-19(46-7)11-9-18)28(39)26-21(20)13-34(6)14-22-24(16(3)4)29(40)25(17(5)38)31(42)35(22,45)32(43)27(34)30(26)41/h8-12,15-16,22,24-25,27,39,45H,13-14H2,1-7H3,(H2,36,37,44)/t22-,24?,25?,27?,34-,35+/m1/s1. The second-order valence-electron chi connectivity index (χ2n) is 13.8. The van der Waals surface area contributed by atoms with E-state index in [0.29, 0.717) is 22.6 Å². The third-order valence-corrected chi connectivity index (χ3v) is 10.1. The van der Waals surface area contributed by atoms with E-state index in [1.807, 2.05) is 13.8 Å². The van der Waals surface area contributed by atoms with Gasteiger partial charge >= 0.3 is 6.03 Å². The molecule has 0 aliphatic heterocycles. The number of aromatic hydroxyl groups is 1. The monoisotopic (exact) mass is 632 g/mol. The summed E-state index contributed by atoms with van der Waals surface area (Å²) >= 11 is 0. The molecule has 4 N–H and O–H groups in total. The molecular weight excluding hydrogens is 592 g/mol. The fourth-order valence-electron chi connectivity index (χ4n) is 8.01. The Bertz CT molecular complexity index is 1680. The van der Waals surface area contributed by atoms with E-state index >= 15 is 0 Å². The minimum absolute atomic E-state index is 0.00139. The molecule has 2 aromatic carbocycles. The Morgan fingerprint density at radius 3 is 2.17 bits per heavy atom. The molecule has 46 heavy (non-hydrogen) atoms. The molecule has 2 amide bonds. The van der Waals surface area contributed by atoms with Gasteiger partial charge < -0.3 is 25.6 Å². The van der Waals surface area contributed by atoms with Gasteiger partial charge in [0, 0.05) is 17.5 Å². The normalized spacial score (nSPS) is 28.8. The summed E-state index contributed by atoms with van der Waals surface area (Å²) in [7, 11) is 1.52. The number of fused-ring (bicyclic) bond motifs is 3. The molecule has 0 saturated heterocycles. The van der Waals surface area contributed by atoms with Crippen LogP contribution in [0.4, 0.5) is 16.2 Å². The molecule has 0 heterocycles. The van der Waals surface area contributed by atoms with Crippen molar-refractivity contribution in [3.8, 4) is 11.5 Å². The molecule has 0 radical (unpaired) electrons. The summed E-state index contributed by atoms with van der Waals surface area (Å²) < 4.78 is 5.13. The van der Waals surface area contributed by atoms with Crippen LogP contribution in [0.5, 0.6) is 11.5 Å². The number of aliphatic hydroxyl groups is 1. The van der Waals surface area contributed by atoms with Crippen LogP contribution in [0, 0.1) is 35.0 Å². The predicted octanol–water partition coefficient (Wildman–Crippen LogP) is 4.48. The number of anilines is 2. The summed E-state index contributed by atoms with van der Waals surface area (Å²) in [6, 6.07) is 7.48. The number of urea groups is 1. The average Bonchev–Trinajstić information content (AvgIpc) is 2.96. The van der Waals surface area contributed by atoms with Crippen LogP contribution in [0.2, 0.25) is 0 Å². The highest BCUT2D eigenvalue weighted by atomic mass is 16.5. The number of amides is 2. The Labute approximate surface area is 267 Å². The quantitative estimate of drug-likeness (QED) is 0.264. The summed E-state index contributed by atoms with van der Waals surface area (Å²) in [5.74, 6) is -10.3. The first kappa shape index (κ1) is 33.0. The lowest BCUT2D eigenvalue weighted by Crippen LogP contribution is -2.72. The molecule has 2 fully saturated rings. The number of carbonyl (C=O) groups excluding carboxylic acids is 6. The molecule has 0 spiro atoms. The van der Waals surface area contributed by atoms with Gasteiger partial charge in [0.2, 0.25) is 0 Å². The van der Waals surface area contributed by atoms with Crippen LogP contribution in [0.25, 0.3) is 0 Å². The van der Waals surface area contributed by atoms with Crippen LogP contribution in [0.3, 0.4) is 0 Å². The molecule has 3 aliphatic carbocycles. The minimum atomic E-state index is -2.72. The van der Waals surface area contributed by atoms with Gasteiger partial charge in [-0.15, -0.1) is 0 Å². The summed E-state index contributed by atoms with van der Waals surface area (Å²) in [4.78, 5) is 81.4. The van der Waals surface area contributed by atoms with Crippen molar-refractivity contribution in [2.45, 2.75) is 65.9 Å². The van der Waals surface area contributed by atoms with Gasteiger partial charge in [-0.2, -0.15) is 0 Å². The van der Waals surface area contributed by atoms with Crippen LogP contribution < -0.4 is 15.4 Å². The summed E-state index contributed by atoms with van der Waals surface area (Å²) in [5.41, 5.74) is -2.42. The van der Waals surface area contributed by atoms with Crippen molar-refractivity contribution >= 4 is 46.3 Å². The summed E-state index contributed by atoms with van der Waals surface area (Å²) in [6.07, 6.45) is 0.137. The summed E-state index contributed by atoms with van der Waals surface area (Å²) in [6.45, 7) is 10.1. The Morgan fingerprint density at radius 1 is 1.00 bits per heavy atom. The second-order valence-corrected chi connectivity index (χ2v) is 13.8. The number of hydrogen-bond acceptors (Lipinski definition) is 9. The van der Waals surface area contributed by atoms with Gasteiger partial charge in [-0.1, -0.05) is 34.6 Å². The topological polar surface area (TPSA) is 176 Å². The zero-order valence-corrected chi connectivity index (χ0v) is 27.0. The molecule has 5 rings (SSSR count). The Morgan fingerprint density at radius 2 is 1.63 bits per heavy atom. The maximum absolute atomic E-state index is 14.4. The zero-order valence-electron chi connectivity index (χ0n) is 27.0. The first-order chi connectivity index (χ1) is 21.5. The van der Waals surface area contributed by atoms with E-state index in [0.717, 1.165) is 6.92 Å². The van der Waals surface area contributed by atoms with Crippen LogP contribution >= 0.6 is 0 Å². The zero-order chi connectivity index (χ0) is 34.0. The molecule has 3 aliphatic rings. The number of ether oxygens (including phenoxy) is 1. The fraction of sp³-hybridized carbons (Fsp3) is 0.486. The SMILES string of the molecule is COc1ccc(NC(=O)Nc2cc(C(C)C)c3c(c2O)C(=O)C2C(=O)[C@@]4(O)C(=O)C(C(C)=O)C(=O)C(C(C)C)[C@H]4C[C@@]2(C)C3)cc1. The van der Waals surface area contributed by atoms with Gasteiger partial charge in [0.15, 0.2) is 28.7 Å². The van der Waals surface area contributed by atoms with Gasteiger partial charge in [0.25, 0.3) is 0 Å². The number of benzene rings is 2. The lowest BCUT2D eigenvalue weighted by molar-refractivity contribution is -0.186. The number of carbonyl (C=O) groups is 6. The molecule has 3 unspecified atom stereocenters. The molecule has 0 bridgehead atoms. The number of ketones is 5. The predicted molar refractivity (Wildman–Crippen MR) is 168 cm³/mol. The van der Waals surface area contributed by atoms with Crippen molar-refractivity contribution in [3.05, 3.63) is 47.0 Å². The van der Waals surface area contributed by atoms with E-state index in [1.165, 1.54) is 7.11 Å². The number of rotatable bonds is 6. The molecule has 0 aromatic heterocycles. The van der Waals surface area contributed by atoms with E-state index in [4.69, 9.17) is 4.74 Å². The molecule has 6 atom stereocenters. The first-order valence-corrected chi connectivity index (χ1v) is 15.5.